The summed E-state index contributed by atoms with van der Waals surface area (Å²) in [7, 11) is 0. The summed E-state index contributed by atoms with van der Waals surface area (Å²) in [6.45, 7) is -1.24. The first-order valence-corrected chi connectivity index (χ1v) is 7.85. The van der Waals surface area contributed by atoms with Gasteiger partial charge in [0.15, 0.2) is 0 Å². The van der Waals surface area contributed by atoms with Gasteiger partial charge in [0.25, 0.3) is 0 Å². The van der Waals surface area contributed by atoms with Crippen LogP contribution in [0.15, 0.2) is 0 Å². The van der Waals surface area contributed by atoms with Crippen molar-refractivity contribution in [1.82, 2.24) is 16.0 Å². The molecule has 9 N–H and O–H groups in total. The summed E-state index contributed by atoms with van der Waals surface area (Å²) in [4.78, 5) is 67.2. The van der Waals surface area contributed by atoms with E-state index in [1.165, 1.54) is 0 Å². The van der Waals surface area contributed by atoms with E-state index in [9.17, 15) is 28.8 Å². The van der Waals surface area contributed by atoms with E-state index >= 15 is 0 Å². The molecule has 0 aromatic rings. The highest BCUT2D eigenvalue weighted by atomic mass is 16.4. The van der Waals surface area contributed by atoms with Crippen LogP contribution in [0.4, 0.5) is 0 Å². The Hall–Kier alpha value is -3.22. The molecule has 0 spiro atoms. The lowest BCUT2D eigenvalue weighted by molar-refractivity contribution is -0.139. The Morgan fingerprint density at radius 1 is 0.815 bits per heavy atom. The molecule has 13 heteroatoms. The molecular formula is C14H23N5O8. The van der Waals surface area contributed by atoms with Gasteiger partial charge in [0, 0.05) is 12.8 Å². The van der Waals surface area contributed by atoms with E-state index in [0.29, 0.717) is 0 Å². The predicted molar refractivity (Wildman–Crippen MR) is 88.9 cm³/mol. The first-order valence-electron chi connectivity index (χ1n) is 7.85. The average Bonchev–Trinajstić information content (AvgIpc) is 2.58. The number of carbonyl (C=O) groups excluding carboxylic acids is 4. The molecule has 0 heterocycles. The molecule has 0 aliphatic rings. The standard InChI is InChI=1S/C14H23N5O8/c15-7(1-4-11(22)23)13(26)17-5-10(21)19-8(2-3-9(16)20)14(27)18-6-12(24)25/h7-8H,1-6,15H2,(H2,16,20)(H,17,26)(H,18,27)(H,19,21)(H,22,23)(H,24,25). The third-order valence-electron chi connectivity index (χ3n) is 3.17. The molecule has 2 unspecified atom stereocenters. The molecule has 0 radical (unpaired) electrons. The number of carbonyl (C=O) groups is 6. The van der Waals surface area contributed by atoms with Crippen LogP contribution in [-0.4, -0.2) is 71.0 Å². The molecule has 0 saturated heterocycles. The maximum Gasteiger partial charge on any atom is 0.322 e. The highest BCUT2D eigenvalue weighted by Gasteiger charge is 2.22. The summed E-state index contributed by atoms with van der Waals surface area (Å²) in [6.07, 6.45) is -0.849. The molecule has 0 aromatic heterocycles. The Kier molecular flexibility index (Phi) is 10.7. The minimum Gasteiger partial charge on any atom is -0.481 e. The summed E-state index contributed by atoms with van der Waals surface area (Å²) >= 11 is 0. The fourth-order valence-corrected chi connectivity index (χ4v) is 1.80. The maximum absolute atomic E-state index is 11.9. The molecule has 152 valence electrons. The van der Waals surface area contributed by atoms with Crippen molar-refractivity contribution in [3.63, 3.8) is 0 Å². The summed E-state index contributed by atoms with van der Waals surface area (Å²) in [5, 5.41) is 23.5. The average molecular weight is 389 g/mol. The van der Waals surface area contributed by atoms with Crippen LogP contribution in [0.25, 0.3) is 0 Å². The van der Waals surface area contributed by atoms with Gasteiger partial charge >= 0.3 is 11.9 Å². The number of hydrogen-bond donors (Lipinski definition) is 7. The fraction of sp³-hybridized carbons (Fsp3) is 0.571. The van der Waals surface area contributed by atoms with Crippen LogP contribution in [0.2, 0.25) is 0 Å². The molecule has 2 atom stereocenters. The smallest absolute Gasteiger partial charge is 0.322 e. The molecule has 27 heavy (non-hydrogen) atoms. The van der Waals surface area contributed by atoms with Gasteiger partial charge < -0.3 is 37.6 Å². The zero-order valence-corrected chi connectivity index (χ0v) is 14.4. The van der Waals surface area contributed by atoms with Crippen molar-refractivity contribution in [3.8, 4) is 0 Å². The van der Waals surface area contributed by atoms with Gasteiger partial charge in [0.05, 0.1) is 12.6 Å². The van der Waals surface area contributed by atoms with Crippen LogP contribution in [0.1, 0.15) is 25.7 Å². The quantitative estimate of drug-likeness (QED) is 0.164. The third kappa shape index (κ3) is 11.9. The third-order valence-corrected chi connectivity index (χ3v) is 3.17. The van der Waals surface area contributed by atoms with Gasteiger partial charge in [-0.1, -0.05) is 0 Å². The zero-order chi connectivity index (χ0) is 21.0. The number of aliphatic carboxylic acids is 2. The number of primary amides is 1. The first-order chi connectivity index (χ1) is 12.5. The Balaban J connectivity index is 4.57. The maximum atomic E-state index is 11.9. The summed E-state index contributed by atoms with van der Waals surface area (Å²) in [5.41, 5.74) is 10.5. The zero-order valence-electron chi connectivity index (χ0n) is 14.4. The molecule has 0 aromatic carbocycles. The second-order valence-corrected chi connectivity index (χ2v) is 5.49. The largest absolute Gasteiger partial charge is 0.481 e. The van der Waals surface area contributed by atoms with Crippen molar-refractivity contribution >= 4 is 35.6 Å². The molecule has 4 amide bonds. The van der Waals surface area contributed by atoms with Gasteiger partial charge in [0.2, 0.25) is 23.6 Å². The first kappa shape index (κ1) is 23.8. The summed E-state index contributed by atoms with van der Waals surface area (Å²) in [5.74, 6) is -5.54. The highest BCUT2D eigenvalue weighted by molar-refractivity contribution is 5.92. The van der Waals surface area contributed by atoms with Crippen molar-refractivity contribution in [2.24, 2.45) is 11.5 Å². The number of amides is 4. The number of hydrogen-bond acceptors (Lipinski definition) is 7. The van der Waals surface area contributed by atoms with Crippen LogP contribution in [0.5, 0.6) is 0 Å². The van der Waals surface area contributed by atoms with Crippen LogP contribution in [-0.2, 0) is 28.8 Å². The number of carboxylic acids is 2. The van der Waals surface area contributed by atoms with E-state index in [4.69, 9.17) is 21.7 Å². The lowest BCUT2D eigenvalue weighted by Crippen LogP contribution is -2.51. The SMILES string of the molecule is NC(=O)CCC(NC(=O)CNC(=O)C(N)CCC(=O)O)C(=O)NCC(=O)O. The minimum atomic E-state index is -1.30. The van der Waals surface area contributed by atoms with Crippen molar-refractivity contribution in [1.29, 1.82) is 0 Å². The van der Waals surface area contributed by atoms with Crippen molar-refractivity contribution in [3.05, 3.63) is 0 Å². The second-order valence-electron chi connectivity index (χ2n) is 5.49. The fourth-order valence-electron chi connectivity index (χ4n) is 1.80. The van der Waals surface area contributed by atoms with Gasteiger partial charge in [-0.2, -0.15) is 0 Å². The number of rotatable bonds is 13. The second kappa shape index (κ2) is 12.2. The molecule has 0 aliphatic heterocycles. The Morgan fingerprint density at radius 3 is 1.93 bits per heavy atom. The number of nitrogens with one attached hydrogen (secondary N) is 3. The van der Waals surface area contributed by atoms with E-state index < -0.39 is 60.7 Å². The summed E-state index contributed by atoms with van der Waals surface area (Å²) < 4.78 is 0. The molecule has 0 saturated carbocycles. The van der Waals surface area contributed by atoms with E-state index in [1.54, 1.807) is 0 Å². The van der Waals surface area contributed by atoms with E-state index in [1.807, 2.05) is 0 Å². The van der Waals surface area contributed by atoms with E-state index in [-0.39, 0.29) is 25.7 Å². The van der Waals surface area contributed by atoms with Crippen LogP contribution >= 0.6 is 0 Å². The van der Waals surface area contributed by atoms with Gasteiger partial charge in [-0.15, -0.1) is 0 Å². The molecule has 0 fully saturated rings. The molecule has 13 nitrogen and oxygen atoms in total. The van der Waals surface area contributed by atoms with Crippen molar-refractivity contribution < 1.29 is 39.0 Å². The Morgan fingerprint density at radius 2 is 1.41 bits per heavy atom. The van der Waals surface area contributed by atoms with Gasteiger partial charge in [-0.25, -0.2) is 0 Å². The summed E-state index contributed by atoms with van der Waals surface area (Å²) in [6, 6.07) is -2.36. The topological polar surface area (TPSA) is 231 Å². The van der Waals surface area contributed by atoms with E-state index in [0.717, 1.165) is 0 Å². The molecular weight excluding hydrogens is 366 g/mol. The minimum absolute atomic E-state index is 0.123. The van der Waals surface area contributed by atoms with Crippen LogP contribution in [0.3, 0.4) is 0 Å². The lowest BCUT2D eigenvalue weighted by Gasteiger charge is -2.18. The highest BCUT2D eigenvalue weighted by Crippen LogP contribution is 1.98. The molecule has 0 aliphatic carbocycles. The van der Waals surface area contributed by atoms with Crippen molar-refractivity contribution in [2.75, 3.05) is 13.1 Å². The van der Waals surface area contributed by atoms with Gasteiger partial charge in [-0.3, -0.25) is 28.8 Å². The number of nitrogens with two attached hydrogens (primary N) is 2. The van der Waals surface area contributed by atoms with Gasteiger partial charge in [0.1, 0.15) is 12.6 Å². The monoisotopic (exact) mass is 389 g/mol. The predicted octanol–water partition coefficient (Wildman–Crippen LogP) is -3.75. The normalized spacial score (nSPS) is 12.3. The Bertz CT molecular complexity index is 594. The van der Waals surface area contributed by atoms with Crippen molar-refractivity contribution in [2.45, 2.75) is 37.8 Å². The number of carboxylic acid groups (broad SMARTS) is 2. The van der Waals surface area contributed by atoms with E-state index in [2.05, 4.69) is 16.0 Å². The van der Waals surface area contributed by atoms with Crippen LogP contribution in [0, 0.1) is 0 Å². The lowest BCUT2D eigenvalue weighted by atomic mass is 10.1. The molecule has 0 bridgehead atoms. The van der Waals surface area contributed by atoms with Crippen LogP contribution < -0.4 is 27.4 Å². The Labute approximate surface area is 153 Å². The van der Waals surface area contributed by atoms with Gasteiger partial charge in [-0.05, 0) is 12.8 Å². The molecule has 0 rings (SSSR count).